The van der Waals surface area contributed by atoms with Gasteiger partial charge in [-0.1, -0.05) is 12.1 Å². The molecule has 3 rings (SSSR count). The summed E-state index contributed by atoms with van der Waals surface area (Å²) < 4.78 is 21.5. The number of rotatable bonds is 6. The maximum Gasteiger partial charge on any atom is 0.344 e. The van der Waals surface area contributed by atoms with Gasteiger partial charge in [0.1, 0.15) is 17.1 Å². The van der Waals surface area contributed by atoms with Crippen LogP contribution in [-0.4, -0.2) is 25.8 Å². The van der Waals surface area contributed by atoms with Crippen LogP contribution < -0.4 is 15.1 Å². The van der Waals surface area contributed by atoms with Gasteiger partial charge in [-0.15, -0.1) is 0 Å². The van der Waals surface area contributed by atoms with Gasteiger partial charge in [0.15, 0.2) is 6.61 Å². The van der Waals surface area contributed by atoms with Gasteiger partial charge in [-0.3, -0.25) is 0 Å². The quantitative estimate of drug-likeness (QED) is 0.472. The SMILES string of the molecule is COc1ccc(-c2cc(=O)oc3cc(C)cc(OCC(=O)OC(C)C)c23)cc1. The number of carbonyl (C=O) groups is 1. The van der Waals surface area contributed by atoms with E-state index in [1.165, 1.54) is 6.07 Å². The molecule has 6 nitrogen and oxygen atoms in total. The Morgan fingerprint density at radius 3 is 2.46 bits per heavy atom. The van der Waals surface area contributed by atoms with Crippen LogP contribution >= 0.6 is 0 Å². The van der Waals surface area contributed by atoms with Crippen molar-refractivity contribution >= 4 is 16.9 Å². The molecule has 0 aliphatic carbocycles. The van der Waals surface area contributed by atoms with E-state index in [1.807, 2.05) is 31.2 Å². The van der Waals surface area contributed by atoms with Gasteiger partial charge in [0, 0.05) is 11.6 Å². The highest BCUT2D eigenvalue weighted by Crippen LogP contribution is 2.36. The van der Waals surface area contributed by atoms with E-state index >= 15 is 0 Å². The number of carbonyl (C=O) groups excluding carboxylic acids is 1. The first-order valence-corrected chi connectivity index (χ1v) is 8.92. The molecule has 146 valence electrons. The molecule has 2 aromatic carbocycles. The lowest BCUT2D eigenvalue weighted by Gasteiger charge is -2.14. The van der Waals surface area contributed by atoms with E-state index in [9.17, 15) is 9.59 Å². The predicted octanol–water partition coefficient (Wildman–Crippen LogP) is 4.11. The maximum absolute atomic E-state index is 12.1. The van der Waals surface area contributed by atoms with Gasteiger partial charge in [0.25, 0.3) is 0 Å². The predicted molar refractivity (Wildman–Crippen MR) is 106 cm³/mol. The molecular formula is C22H22O6. The monoisotopic (exact) mass is 382 g/mol. The second kappa shape index (κ2) is 8.17. The van der Waals surface area contributed by atoms with Crippen LogP contribution in [0.4, 0.5) is 0 Å². The number of fused-ring (bicyclic) bond motifs is 1. The van der Waals surface area contributed by atoms with E-state index in [2.05, 4.69) is 0 Å². The van der Waals surface area contributed by atoms with Gasteiger partial charge in [-0.25, -0.2) is 9.59 Å². The zero-order chi connectivity index (χ0) is 20.3. The van der Waals surface area contributed by atoms with Crippen molar-refractivity contribution in [3.8, 4) is 22.6 Å². The lowest BCUT2D eigenvalue weighted by Crippen LogP contribution is -2.19. The Morgan fingerprint density at radius 1 is 1.11 bits per heavy atom. The molecule has 0 bridgehead atoms. The first-order valence-electron chi connectivity index (χ1n) is 8.92. The van der Waals surface area contributed by atoms with E-state index in [1.54, 1.807) is 33.1 Å². The number of hydrogen-bond donors (Lipinski definition) is 0. The van der Waals surface area contributed by atoms with Crippen LogP contribution in [0.15, 0.2) is 51.7 Å². The molecule has 0 saturated carbocycles. The Morgan fingerprint density at radius 2 is 1.82 bits per heavy atom. The molecule has 0 fully saturated rings. The van der Waals surface area contributed by atoms with Gasteiger partial charge in [-0.2, -0.15) is 0 Å². The number of esters is 1. The molecule has 1 aromatic heterocycles. The second-order valence-corrected chi connectivity index (χ2v) is 6.67. The van der Waals surface area contributed by atoms with Crippen molar-refractivity contribution in [1.82, 2.24) is 0 Å². The summed E-state index contributed by atoms with van der Waals surface area (Å²) >= 11 is 0. The molecular weight excluding hydrogens is 360 g/mol. The fourth-order valence-corrected chi connectivity index (χ4v) is 2.94. The highest BCUT2D eigenvalue weighted by molar-refractivity contribution is 5.98. The van der Waals surface area contributed by atoms with Crippen LogP contribution in [0, 0.1) is 6.92 Å². The summed E-state index contributed by atoms with van der Waals surface area (Å²) in [6.07, 6.45) is -0.224. The second-order valence-electron chi connectivity index (χ2n) is 6.67. The molecule has 0 radical (unpaired) electrons. The van der Waals surface area contributed by atoms with Gasteiger partial charge in [-0.05, 0) is 56.2 Å². The molecule has 0 amide bonds. The minimum absolute atomic E-state index is 0.224. The smallest absolute Gasteiger partial charge is 0.344 e. The molecule has 3 aromatic rings. The first-order chi connectivity index (χ1) is 13.4. The standard InChI is InChI=1S/C22H22O6/c1-13(2)27-21(24)12-26-18-9-14(3)10-19-22(18)17(11-20(23)28-19)15-5-7-16(25-4)8-6-15/h5-11,13H,12H2,1-4H3. The normalized spacial score (nSPS) is 10.9. The molecule has 0 unspecified atom stereocenters. The third kappa shape index (κ3) is 4.34. The van der Waals surface area contributed by atoms with Crippen LogP contribution in [0.1, 0.15) is 19.4 Å². The minimum atomic E-state index is -0.465. The van der Waals surface area contributed by atoms with Crippen molar-refractivity contribution in [2.75, 3.05) is 13.7 Å². The van der Waals surface area contributed by atoms with Crippen molar-refractivity contribution < 1.29 is 23.4 Å². The molecule has 0 saturated heterocycles. The van der Waals surface area contributed by atoms with Crippen LogP contribution in [0.3, 0.4) is 0 Å². The average molecular weight is 382 g/mol. The van der Waals surface area contributed by atoms with Crippen LogP contribution in [0.2, 0.25) is 0 Å². The van der Waals surface area contributed by atoms with E-state index < -0.39 is 11.6 Å². The highest BCUT2D eigenvalue weighted by Gasteiger charge is 2.16. The van der Waals surface area contributed by atoms with Crippen LogP contribution in [-0.2, 0) is 9.53 Å². The van der Waals surface area contributed by atoms with E-state index in [-0.39, 0.29) is 12.7 Å². The number of hydrogen-bond acceptors (Lipinski definition) is 6. The highest BCUT2D eigenvalue weighted by atomic mass is 16.6. The van der Waals surface area contributed by atoms with E-state index in [0.717, 1.165) is 11.1 Å². The summed E-state index contributed by atoms with van der Waals surface area (Å²) in [5.74, 6) is 0.693. The fourth-order valence-electron chi connectivity index (χ4n) is 2.94. The Labute approximate surface area is 162 Å². The lowest BCUT2D eigenvalue weighted by molar-refractivity contribution is -0.149. The van der Waals surface area contributed by atoms with E-state index in [0.29, 0.717) is 28.0 Å². The summed E-state index contributed by atoms with van der Waals surface area (Å²) in [5.41, 5.74) is 2.23. The summed E-state index contributed by atoms with van der Waals surface area (Å²) in [6, 6.07) is 12.3. The number of ether oxygens (including phenoxy) is 3. The molecule has 0 aliphatic rings. The third-order valence-electron chi connectivity index (χ3n) is 4.07. The Bertz CT molecular complexity index is 1050. The summed E-state index contributed by atoms with van der Waals surface area (Å²) in [7, 11) is 1.59. The fraction of sp³-hybridized carbons (Fsp3) is 0.273. The zero-order valence-corrected chi connectivity index (χ0v) is 16.3. The Balaban J connectivity index is 2.10. The van der Waals surface area contributed by atoms with Gasteiger partial charge >= 0.3 is 11.6 Å². The van der Waals surface area contributed by atoms with Crippen LogP contribution in [0.25, 0.3) is 22.1 Å². The molecule has 0 N–H and O–H groups in total. The van der Waals surface area contributed by atoms with Crippen molar-refractivity contribution in [3.05, 3.63) is 58.4 Å². The topological polar surface area (TPSA) is 75.0 Å². The Hall–Kier alpha value is -3.28. The number of benzene rings is 2. The summed E-state index contributed by atoms with van der Waals surface area (Å²) in [4.78, 5) is 24.0. The number of methoxy groups -OCH3 is 1. The van der Waals surface area contributed by atoms with Gasteiger partial charge in [0.2, 0.25) is 0 Å². The minimum Gasteiger partial charge on any atom is -0.497 e. The molecule has 6 heteroatoms. The zero-order valence-electron chi connectivity index (χ0n) is 16.3. The summed E-state index contributed by atoms with van der Waals surface area (Å²) in [6.45, 7) is 5.17. The Kier molecular flexibility index (Phi) is 5.68. The molecule has 28 heavy (non-hydrogen) atoms. The van der Waals surface area contributed by atoms with Gasteiger partial charge in [0.05, 0.1) is 18.6 Å². The maximum atomic E-state index is 12.1. The first kappa shape index (κ1) is 19.5. The van der Waals surface area contributed by atoms with Crippen molar-refractivity contribution in [2.24, 2.45) is 0 Å². The van der Waals surface area contributed by atoms with Crippen LogP contribution in [0.5, 0.6) is 11.5 Å². The van der Waals surface area contributed by atoms with E-state index in [4.69, 9.17) is 18.6 Å². The average Bonchev–Trinajstić information content (AvgIpc) is 2.64. The lowest BCUT2D eigenvalue weighted by atomic mass is 10.00. The van der Waals surface area contributed by atoms with Gasteiger partial charge < -0.3 is 18.6 Å². The van der Waals surface area contributed by atoms with Crippen molar-refractivity contribution in [1.29, 1.82) is 0 Å². The molecule has 0 aliphatic heterocycles. The molecule has 0 atom stereocenters. The summed E-state index contributed by atoms with van der Waals surface area (Å²) in [5, 5.41) is 0.618. The van der Waals surface area contributed by atoms with Crippen molar-refractivity contribution in [3.63, 3.8) is 0 Å². The third-order valence-corrected chi connectivity index (χ3v) is 4.07. The number of aryl methyl sites for hydroxylation is 1. The van der Waals surface area contributed by atoms with Crippen molar-refractivity contribution in [2.45, 2.75) is 26.9 Å². The molecule has 0 spiro atoms. The largest absolute Gasteiger partial charge is 0.497 e. The molecule has 1 heterocycles.